The molecule has 66 valence electrons. The highest BCUT2D eigenvalue weighted by Crippen LogP contribution is 2.12. The quantitative estimate of drug-likeness (QED) is 0.747. The van der Waals surface area contributed by atoms with Crippen LogP contribution in [-0.4, -0.2) is 10.4 Å². The first-order valence-electron chi connectivity index (χ1n) is 3.92. The van der Waals surface area contributed by atoms with E-state index >= 15 is 0 Å². The predicted octanol–water partition coefficient (Wildman–Crippen LogP) is 3.40. The molecule has 0 aliphatic rings. The van der Waals surface area contributed by atoms with Gasteiger partial charge in [-0.3, -0.25) is 4.98 Å². The van der Waals surface area contributed by atoms with Crippen LogP contribution in [0.25, 0.3) is 0 Å². The molecule has 0 fully saturated rings. The molecule has 12 heavy (non-hydrogen) atoms. The Labute approximate surface area is 86.3 Å². The van der Waals surface area contributed by atoms with Crippen molar-refractivity contribution >= 4 is 27.5 Å². The highest BCUT2D eigenvalue weighted by molar-refractivity contribution is 9.10. The number of nitrogens with zero attached hydrogens (tertiary/aromatic N) is 1. The molecule has 0 N–H and O–H groups in total. The minimum absolute atomic E-state index is 0.240. The van der Waals surface area contributed by atoms with Crippen LogP contribution in [0.2, 0.25) is 0 Å². The van der Waals surface area contributed by atoms with E-state index in [-0.39, 0.29) is 5.38 Å². The molecule has 0 aliphatic heterocycles. The van der Waals surface area contributed by atoms with Gasteiger partial charge in [-0.05, 0) is 47.3 Å². The monoisotopic (exact) mass is 247 g/mol. The number of alkyl halides is 1. The van der Waals surface area contributed by atoms with Gasteiger partial charge in [0.1, 0.15) is 0 Å². The van der Waals surface area contributed by atoms with Crippen molar-refractivity contribution in [1.29, 1.82) is 0 Å². The van der Waals surface area contributed by atoms with Gasteiger partial charge in [-0.1, -0.05) is 0 Å². The average Bonchev–Trinajstić information content (AvgIpc) is 2.01. The molecule has 1 aromatic heterocycles. The van der Waals surface area contributed by atoms with Crippen molar-refractivity contribution < 1.29 is 0 Å². The van der Waals surface area contributed by atoms with Crippen LogP contribution < -0.4 is 0 Å². The van der Waals surface area contributed by atoms with Crippen LogP contribution in [0.4, 0.5) is 0 Å². The van der Waals surface area contributed by atoms with Crippen molar-refractivity contribution in [2.75, 3.05) is 0 Å². The summed E-state index contributed by atoms with van der Waals surface area (Å²) in [5.41, 5.74) is 1.23. The van der Waals surface area contributed by atoms with E-state index in [2.05, 4.69) is 27.0 Å². The van der Waals surface area contributed by atoms with Crippen molar-refractivity contribution in [2.24, 2.45) is 0 Å². The Bertz CT molecular complexity index is 250. The van der Waals surface area contributed by atoms with Crippen molar-refractivity contribution in [1.82, 2.24) is 4.98 Å². The maximum absolute atomic E-state index is 5.84. The molecule has 0 spiro atoms. The van der Waals surface area contributed by atoms with Crippen LogP contribution in [0.3, 0.4) is 0 Å². The van der Waals surface area contributed by atoms with E-state index in [0.717, 1.165) is 17.3 Å². The standard InChI is InChI=1S/C9H11BrClN/c1-7(11)2-3-8-4-9(10)6-12-5-8/h4-7H,2-3H2,1H3. The van der Waals surface area contributed by atoms with E-state index in [1.165, 1.54) is 5.56 Å². The Morgan fingerprint density at radius 3 is 2.92 bits per heavy atom. The first-order valence-corrected chi connectivity index (χ1v) is 5.15. The summed E-state index contributed by atoms with van der Waals surface area (Å²) in [6, 6.07) is 2.08. The molecule has 0 saturated heterocycles. The molecule has 1 heterocycles. The molecule has 0 aliphatic carbocycles. The Hall–Kier alpha value is -0.0800. The predicted molar refractivity (Wildman–Crippen MR) is 55.6 cm³/mol. The normalized spacial score (nSPS) is 12.9. The lowest BCUT2D eigenvalue weighted by Gasteiger charge is -2.02. The van der Waals surface area contributed by atoms with E-state index < -0.39 is 0 Å². The Balaban J connectivity index is 2.52. The molecule has 1 nitrogen and oxygen atoms in total. The average molecular weight is 249 g/mol. The number of pyridine rings is 1. The molecule has 1 aromatic rings. The fourth-order valence-corrected chi connectivity index (χ4v) is 1.48. The van der Waals surface area contributed by atoms with E-state index in [1.807, 2.05) is 13.1 Å². The van der Waals surface area contributed by atoms with Gasteiger partial charge in [0.05, 0.1) is 0 Å². The molecule has 0 radical (unpaired) electrons. The third-order valence-electron chi connectivity index (χ3n) is 1.59. The number of hydrogen-bond acceptors (Lipinski definition) is 1. The molecule has 0 amide bonds. The van der Waals surface area contributed by atoms with Gasteiger partial charge in [-0.2, -0.15) is 0 Å². The van der Waals surface area contributed by atoms with Crippen LogP contribution in [0.15, 0.2) is 22.9 Å². The van der Waals surface area contributed by atoms with Gasteiger partial charge in [-0.25, -0.2) is 0 Å². The van der Waals surface area contributed by atoms with Crippen molar-refractivity contribution in [3.05, 3.63) is 28.5 Å². The maximum atomic E-state index is 5.84. The van der Waals surface area contributed by atoms with Crippen molar-refractivity contribution in [3.8, 4) is 0 Å². The molecular weight excluding hydrogens is 237 g/mol. The lowest BCUT2D eigenvalue weighted by Crippen LogP contribution is -1.94. The van der Waals surface area contributed by atoms with Gasteiger partial charge < -0.3 is 0 Å². The Morgan fingerprint density at radius 1 is 1.58 bits per heavy atom. The van der Waals surface area contributed by atoms with Gasteiger partial charge in [0, 0.05) is 22.2 Å². The molecule has 1 atom stereocenters. The number of aryl methyl sites for hydroxylation is 1. The summed E-state index contributed by atoms with van der Waals surface area (Å²) >= 11 is 9.21. The number of rotatable bonds is 3. The van der Waals surface area contributed by atoms with Gasteiger partial charge >= 0.3 is 0 Å². The largest absolute Gasteiger partial charge is 0.263 e. The molecule has 0 bridgehead atoms. The maximum Gasteiger partial charge on any atom is 0.0410 e. The van der Waals surface area contributed by atoms with Crippen LogP contribution >= 0.6 is 27.5 Å². The molecule has 1 unspecified atom stereocenters. The minimum Gasteiger partial charge on any atom is -0.263 e. The summed E-state index contributed by atoms with van der Waals surface area (Å²) in [6.45, 7) is 2.01. The SMILES string of the molecule is CC(Cl)CCc1cncc(Br)c1. The van der Waals surface area contributed by atoms with Crippen molar-refractivity contribution in [3.63, 3.8) is 0 Å². The molecule has 1 rings (SSSR count). The van der Waals surface area contributed by atoms with Gasteiger partial charge in [-0.15, -0.1) is 11.6 Å². The second kappa shape index (κ2) is 4.83. The van der Waals surface area contributed by atoms with Gasteiger partial charge in [0.15, 0.2) is 0 Å². The Morgan fingerprint density at radius 2 is 2.33 bits per heavy atom. The first kappa shape index (κ1) is 10.0. The summed E-state index contributed by atoms with van der Waals surface area (Å²) in [7, 11) is 0. The highest BCUT2D eigenvalue weighted by atomic mass is 79.9. The highest BCUT2D eigenvalue weighted by Gasteiger charge is 1.98. The van der Waals surface area contributed by atoms with Gasteiger partial charge in [0.2, 0.25) is 0 Å². The lowest BCUT2D eigenvalue weighted by atomic mass is 10.1. The second-order valence-electron chi connectivity index (χ2n) is 2.83. The summed E-state index contributed by atoms with van der Waals surface area (Å²) in [5.74, 6) is 0. The third-order valence-corrected chi connectivity index (χ3v) is 2.24. The number of aromatic nitrogens is 1. The first-order chi connectivity index (χ1) is 5.68. The van der Waals surface area contributed by atoms with Crippen LogP contribution in [-0.2, 0) is 6.42 Å². The summed E-state index contributed by atoms with van der Waals surface area (Å²) < 4.78 is 1.03. The second-order valence-corrected chi connectivity index (χ2v) is 4.49. The van der Waals surface area contributed by atoms with E-state index in [0.29, 0.717) is 0 Å². The molecular formula is C9H11BrClN. The topological polar surface area (TPSA) is 12.9 Å². The smallest absolute Gasteiger partial charge is 0.0410 e. The fraction of sp³-hybridized carbons (Fsp3) is 0.444. The Kier molecular flexibility index (Phi) is 4.02. The van der Waals surface area contributed by atoms with Gasteiger partial charge in [0.25, 0.3) is 0 Å². The van der Waals surface area contributed by atoms with E-state index in [4.69, 9.17) is 11.6 Å². The fourth-order valence-electron chi connectivity index (χ4n) is 0.958. The number of hydrogen-bond donors (Lipinski definition) is 0. The summed E-state index contributed by atoms with van der Waals surface area (Å²) in [6.07, 6.45) is 5.66. The van der Waals surface area contributed by atoms with E-state index in [9.17, 15) is 0 Å². The lowest BCUT2D eigenvalue weighted by molar-refractivity contribution is 0.799. The minimum atomic E-state index is 0.240. The zero-order valence-corrected chi connectivity index (χ0v) is 9.27. The van der Waals surface area contributed by atoms with Crippen LogP contribution in [0.1, 0.15) is 18.9 Å². The van der Waals surface area contributed by atoms with Crippen LogP contribution in [0, 0.1) is 0 Å². The van der Waals surface area contributed by atoms with Crippen LogP contribution in [0.5, 0.6) is 0 Å². The zero-order chi connectivity index (χ0) is 8.97. The third kappa shape index (κ3) is 3.55. The molecule has 3 heteroatoms. The summed E-state index contributed by atoms with van der Waals surface area (Å²) in [4.78, 5) is 4.07. The van der Waals surface area contributed by atoms with Crippen molar-refractivity contribution in [2.45, 2.75) is 25.1 Å². The summed E-state index contributed by atoms with van der Waals surface area (Å²) in [5, 5.41) is 0.240. The molecule has 0 aromatic carbocycles. The van der Waals surface area contributed by atoms with E-state index in [1.54, 1.807) is 6.20 Å². The molecule has 0 saturated carbocycles. The number of halogens is 2. The zero-order valence-electron chi connectivity index (χ0n) is 6.93.